The summed E-state index contributed by atoms with van der Waals surface area (Å²) in [6.07, 6.45) is 0. The van der Waals surface area contributed by atoms with Gasteiger partial charge in [-0.15, -0.1) is 11.6 Å². The van der Waals surface area contributed by atoms with E-state index in [-0.39, 0.29) is 5.91 Å². The molecule has 3 rings (SSSR count). The molecule has 0 spiro atoms. The molecule has 7 heteroatoms. The highest BCUT2D eigenvalue weighted by Gasteiger charge is 2.49. The highest BCUT2D eigenvalue weighted by atomic mass is 35.5. The number of alkyl halides is 1. The van der Waals surface area contributed by atoms with Crippen molar-refractivity contribution in [1.29, 1.82) is 0 Å². The SMILES string of the molecule is Nc1ccc(C(=O)NN2C(=O)[C@H](Cl)[C@@H]2c2ccccc2Cl)cc1. The summed E-state index contributed by atoms with van der Waals surface area (Å²) in [4.78, 5) is 24.2. The number of nitrogens with zero attached hydrogens (tertiary/aromatic N) is 1. The van der Waals surface area contributed by atoms with E-state index in [1.807, 2.05) is 0 Å². The Morgan fingerprint density at radius 1 is 1.13 bits per heavy atom. The second-order valence-corrected chi connectivity index (χ2v) is 6.02. The molecule has 2 atom stereocenters. The predicted molar refractivity (Wildman–Crippen MR) is 89.0 cm³/mol. The smallest absolute Gasteiger partial charge is 0.269 e. The first-order valence-corrected chi connectivity index (χ1v) is 7.68. The fourth-order valence-electron chi connectivity index (χ4n) is 2.40. The van der Waals surface area contributed by atoms with E-state index in [1.54, 1.807) is 48.5 Å². The van der Waals surface area contributed by atoms with Gasteiger partial charge >= 0.3 is 0 Å². The lowest BCUT2D eigenvalue weighted by Crippen LogP contribution is -2.63. The summed E-state index contributed by atoms with van der Waals surface area (Å²) in [5.41, 5.74) is 9.79. The summed E-state index contributed by atoms with van der Waals surface area (Å²) >= 11 is 12.3. The Kier molecular flexibility index (Phi) is 4.15. The average molecular weight is 350 g/mol. The van der Waals surface area contributed by atoms with Crippen LogP contribution in [0, 0.1) is 0 Å². The maximum atomic E-state index is 12.3. The maximum absolute atomic E-state index is 12.3. The molecule has 3 N–H and O–H groups in total. The standard InChI is InChI=1S/C16H13Cl2N3O2/c17-12-4-2-1-3-11(12)14-13(18)16(23)21(14)20-15(22)9-5-7-10(19)8-6-9/h1-8,13-14H,19H2,(H,20,22)/t13-,14+/m1/s1. The maximum Gasteiger partial charge on any atom is 0.269 e. The highest BCUT2D eigenvalue weighted by molar-refractivity contribution is 6.35. The zero-order chi connectivity index (χ0) is 16.6. The molecule has 1 fully saturated rings. The van der Waals surface area contributed by atoms with Crippen LogP contribution in [0.15, 0.2) is 48.5 Å². The zero-order valence-electron chi connectivity index (χ0n) is 11.9. The topological polar surface area (TPSA) is 75.4 Å². The normalized spacial score (nSPS) is 20.1. The molecule has 23 heavy (non-hydrogen) atoms. The van der Waals surface area contributed by atoms with Gasteiger partial charge in [0.15, 0.2) is 0 Å². The van der Waals surface area contributed by atoms with Gasteiger partial charge in [-0.2, -0.15) is 0 Å². The number of anilines is 1. The summed E-state index contributed by atoms with van der Waals surface area (Å²) in [5.74, 6) is -0.792. The summed E-state index contributed by atoms with van der Waals surface area (Å²) in [6, 6.07) is 13.0. The van der Waals surface area contributed by atoms with Crippen LogP contribution in [-0.2, 0) is 4.79 Å². The van der Waals surface area contributed by atoms with Crippen LogP contribution >= 0.6 is 23.2 Å². The molecule has 1 aliphatic rings. The number of nitrogens with one attached hydrogen (secondary N) is 1. The van der Waals surface area contributed by atoms with Gasteiger partial charge in [0.2, 0.25) is 0 Å². The molecule has 118 valence electrons. The zero-order valence-corrected chi connectivity index (χ0v) is 13.4. The number of nitrogens with two attached hydrogens (primary N) is 1. The van der Waals surface area contributed by atoms with Crippen LogP contribution in [0.2, 0.25) is 5.02 Å². The summed E-state index contributed by atoms with van der Waals surface area (Å²) in [5, 5.41) is 0.932. The summed E-state index contributed by atoms with van der Waals surface area (Å²) < 4.78 is 0. The van der Waals surface area contributed by atoms with Crippen molar-refractivity contribution < 1.29 is 9.59 Å². The van der Waals surface area contributed by atoms with Gasteiger partial charge in [-0.3, -0.25) is 15.0 Å². The number of nitrogen functional groups attached to an aromatic ring is 1. The fraction of sp³-hybridized carbons (Fsp3) is 0.125. The number of hydrogen-bond acceptors (Lipinski definition) is 3. The van der Waals surface area contributed by atoms with Crippen molar-refractivity contribution in [3.8, 4) is 0 Å². The molecule has 0 aromatic heterocycles. The molecule has 0 bridgehead atoms. The van der Waals surface area contributed by atoms with Gasteiger partial charge in [0.1, 0.15) is 11.4 Å². The van der Waals surface area contributed by atoms with Gasteiger partial charge in [0, 0.05) is 16.3 Å². The molecule has 2 amide bonds. The van der Waals surface area contributed by atoms with E-state index in [4.69, 9.17) is 28.9 Å². The molecule has 2 aromatic rings. The van der Waals surface area contributed by atoms with E-state index in [0.717, 1.165) is 0 Å². The van der Waals surface area contributed by atoms with Crippen LogP contribution in [0.1, 0.15) is 22.0 Å². The number of benzene rings is 2. The highest BCUT2D eigenvalue weighted by Crippen LogP contribution is 2.40. The monoisotopic (exact) mass is 349 g/mol. The van der Waals surface area contributed by atoms with E-state index < -0.39 is 17.3 Å². The van der Waals surface area contributed by atoms with Gasteiger partial charge in [-0.25, -0.2) is 5.01 Å². The molecule has 2 aromatic carbocycles. The third-order valence-corrected chi connectivity index (χ3v) is 4.42. The van der Waals surface area contributed by atoms with Gasteiger partial charge in [0.05, 0.1) is 0 Å². The Hall–Kier alpha value is -2.24. The van der Waals surface area contributed by atoms with Crippen LogP contribution < -0.4 is 11.2 Å². The number of rotatable bonds is 3. The van der Waals surface area contributed by atoms with Gasteiger partial charge in [-0.05, 0) is 35.9 Å². The third kappa shape index (κ3) is 2.85. The van der Waals surface area contributed by atoms with Gasteiger partial charge in [0.25, 0.3) is 11.8 Å². The predicted octanol–water partition coefficient (Wildman–Crippen LogP) is 2.76. The van der Waals surface area contributed by atoms with Crippen molar-refractivity contribution in [2.24, 2.45) is 0 Å². The lowest BCUT2D eigenvalue weighted by molar-refractivity contribution is -0.149. The number of halogens is 2. The fourth-order valence-corrected chi connectivity index (χ4v) is 3.00. The van der Waals surface area contributed by atoms with E-state index in [2.05, 4.69) is 5.43 Å². The molecule has 1 aliphatic heterocycles. The van der Waals surface area contributed by atoms with Crippen molar-refractivity contribution in [1.82, 2.24) is 10.4 Å². The second kappa shape index (κ2) is 6.10. The van der Waals surface area contributed by atoms with Crippen LogP contribution in [0.4, 0.5) is 5.69 Å². The molecule has 0 aliphatic carbocycles. The summed E-state index contributed by atoms with van der Waals surface area (Å²) in [6.45, 7) is 0. The van der Waals surface area contributed by atoms with Crippen LogP contribution in [0.5, 0.6) is 0 Å². The van der Waals surface area contributed by atoms with Crippen molar-refractivity contribution in [2.75, 3.05) is 5.73 Å². The van der Waals surface area contributed by atoms with E-state index >= 15 is 0 Å². The molecular formula is C16H13Cl2N3O2. The van der Waals surface area contributed by atoms with Crippen molar-refractivity contribution >= 4 is 40.7 Å². The Morgan fingerprint density at radius 3 is 2.43 bits per heavy atom. The lowest BCUT2D eigenvalue weighted by atomic mass is 9.95. The molecule has 1 saturated heterocycles. The van der Waals surface area contributed by atoms with E-state index in [0.29, 0.717) is 21.8 Å². The van der Waals surface area contributed by atoms with Crippen molar-refractivity contribution in [2.45, 2.75) is 11.4 Å². The largest absolute Gasteiger partial charge is 0.399 e. The number of hydrogen-bond donors (Lipinski definition) is 2. The number of carbonyl (C=O) groups excluding carboxylic acids is 2. The number of carbonyl (C=O) groups is 2. The molecule has 5 nitrogen and oxygen atoms in total. The lowest BCUT2D eigenvalue weighted by Gasteiger charge is -2.44. The number of hydrazine groups is 1. The van der Waals surface area contributed by atoms with E-state index in [9.17, 15) is 9.59 Å². The summed E-state index contributed by atoms with van der Waals surface area (Å²) in [7, 11) is 0. The minimum absolute atomic E-state index is 0.375. The Morgan fingerprint density at radius 2 is 1.78 bits per heavy atom. The quantitative estimate of drug-likeness (QED) is 0.508. The van der Waals surface area contributed by atoms with Crippen LogP contribution in [0.3, 0.4) is 0 Å². The van der Waals surface area contributed by atoms with Crippen LogP contribution in [0.25, 0.3) is 0 Å². The minimum atomic E-state index is -0.762. The first-order chi connectivity index (χ1) is 11.0. The average Bonchev–Trinajstić information content (AvgIpc) is 2.56. The minimum Gasteiger partial charge on any atom is -0.399 e. The van der Waals surface area contributed by atoms with Gasteiger partial charge in [-0.1, -0.05) is 29.8 Å². The molecular weight excluding hydrogens is 337 g/mol. The Balaban J connectivity index is 1.81. The third-order valence-electron chi connectivity index (χ3n) is 3.65. The van der Waals surface area contributed by atoms with Gasteiger partial charge < -0.3 is 5.73 Å². The molecule has 0 radical (unpaired) electrons. The Bertz CT molecular complexity index is 764. The molecule has 0 saturated carbocycles. The second-order valence-electron chi connectivity index (χ2n) is 5.14. The first-order valence-electron chi connectivity index (χ1n) is 6.87. The number of amides is 2. The molecule has 0 unspecified atom stereocenters. The molecule has 1 heterocycles. The van der Waals surface area contributed by atoms with Crippen molar-refractivity contribution in [3.05, 3.63) is 64.7 Å². The van der Waals surface area contributed by atoms with E-state index in [1.165, 1.54) is 5.01 Å². The number of β-lactam (4-membered cyclic amide) rings is 1. The van der Waals surface area contributed by atoms with Crippen molar-refractivity contribution in [3.63, 3.8) is 0 Å². The Labute approximate surface area is 142 Å². The van der Waals surface area contributed by atoms with Crippen LogP contribution in [-0.4, -0.2) is 22.2 Å². The first kappa shape index (κ1) is 15.6.